The molecule has 172 valence electrons. The molecule has 8 nitrogen and oxygen atoms in total. The van der Waals surface area contributed by atoms with Crippen LogP contribution in [0.1, 0.15) is 21.7 Å². The summed E-state index contributed by atoms with van der Waals surface area (Å²) in [5.74, 6) is -1.61. The zero-order valence-corrected chi connectivity index (χ0v) is 17.0. The molecular formula is C22H19F3N4O4. The van der Waals surface area contributed by atoms with Crippen LogP contribution in [0.4, 0.5) is 29.3 Å². The van der Waals surface area contributed by atoms with E-state index in [1.165, 1.54) is 24.5 Å². The fourth-order valence-electron chi connectivity index (χ4n) is 2.78. The first-order valence-electron chi connectivity index (χ1n) is 9.64. The molecule has 0 atom stereocenters. The maximum atomic E-state index is 13.5. The second-order valence-corrected chi connectivity index (χ2v) is 6.76. The van der Waals surface area contributed by atoms with Crippen molar-refractivity contribution in [2.75, 3.05) is 17.2 Å². The quantitative estimate of drug-likeness (QED) is 0.426. The zero-order chi connectivity index (χ0) is 23.8. The number of hydrogen-bond donors (Lipinski definition) is 4. The van der Waals surface area contributed by atoms with Crippen LogP contribution >= 0.6 is 0 Å². The van der Waals surface area contributed by atoms with E-state index in [2.05, 4.69) is 16.0 Å². The minimum Gasteiger partial charge on any atom is -0.459 e. The molecule has 3 rings (SSSR count). The van der Waals surface area contributed by atoms with Gasteiger partial charge in [-0.1, -0.05) is 30.3 Å². The van der Waals surface area contributed by atoms with E-state index in [9.17, 15) is 27.6 Å². The first kappa shape index (κ1) is 23.4. The third-order valence-corrected chi connectivity index (χ3v) is 4.32. The summed E-state index contributed by atoms with van der Waals surface area (Å²) in [6, 6.07) is 14.0. The molecule has 0 bridgehead atoms. The van der Waals surface area contributed by atoms with Crippen molar-refractivity contribution in [3.63, 3.8) is 0 Å². The monoisotopic (exact) mass is 460 g/mol. The maximum absolute atomic E-state index is 13.5. The summed E-state index contributed by atoms with van der Waals surface area (Å²) in [5, 5.41) is 9.18. The lowest BCUT2D eigenvalue weighted by molar-refractivity contribution is -0.137. The van der Waals surface area contributed by atoms with Gasteiger partial charge in [0.1, 0.15) is 0 Å². The number of imide groups is 1. The lowest BCUT2D eigenvalue weighted by atomic mass is 10.1. The van der Waals surface area contributed by atoms with Crippen molar-refractivity contribution < 1.29 is 32.0 Å². The fraction of sp³-hybridized carbons (Fsp3) is 0.136. The number of halogens is 3. The molecule has 0 fully saturated rings. The van der Waals surface area contributed by atoms with Crippen LogP contribution in [0.25, 0.3) is 0 Å². The number of alkyl halides is 3. The Hall–Kier alpha value is -4.28. The van der Waals surface area contributed by atoms with Gasteiger partial charge < -0.3 is 20.4 Å². The van der Waals surface area contributed by atoms with E-state index >= 15 is 0 Å². The van der Waals surface area contributed by atoms with Crippen LogP contribution in [0, 0.1) is 0 Å². The van der Waals surface area contributed by atoms with Gasteiger partial charge in [0.2, 0.25) is 5.91 Å². The first-order valence-corrected chi connectivity index (χ1v) is 9.64. The Morgan fingerprint density at radius 2 is 1.70 bits per heavy atom. The van der Waals surface area contributed by atoms with Crippen molar-refractivity contribution in [3.8, 4) is 0 Å². The highest BCUT2D eigenvalue weighted by Gasteiger charge is 2.34. The molecule has 0 spiro atoms. The smallest absolute Gasteiger partial charge is 0.418 e. The van der Waals surface area contributed by atoms with Gasteiger partial charge in [-0.2, -0.15) is 13.2 Å². The lowest BCUT2D eigenvalue weighted by Crippen LogP contribution is -2.41. The van der Waals surface area contributed by atoms with Crippen LogP contribution < -0.4 is 21.3 Å². The molecule has 3 aromatic rings. The number of rotatable bonds is 7. The van der Waals surface area contributed by atoms with E-state index in [1.807, 2.05) is 11.4 Å². The third kappa shape index (κ3) is 6.86. The van der Waals surface area contributed by atoms with Crippen LogP contribution in [0.15, 0.2) is 71.3 Å². The van der Waals surface area contributed by atoms with Crippen molar-refractivity contribution in [2.45, 2.75) is 12.7 Å². The summed E-state index contributed by atoms with van der Waals surface area (Å²) in [6.45, 7) is -0.406. The zero-order valence-electron chi connectivity index (χ0n) is 17.0. The Balaban J connectivity index is 1.58. The van der Waals surface area contributed by atoms with Gasteiger partial charge in [0.15, 0.2) is 5.76 Å². The van der Waals surface area contributed by atoms with E-state index in [-0.39, 0.29) is 18.0 Å². The van der Waals surface area contributed by atoms with Crippen molar-refractivity contribution in [1.29, 1.82) is 0 Å². The molecule has 0 aliphatic rings. The van der Waals surface area contributed by atoms with Gasteiger partial charge >= 0.3 is 12.2 Å². The standard InChI is InChI=1S/C22H19F3N4O4/c23-22(24,25)16-11-15(28-20(31)18-7-4-10-33-18)8-9-17(16)26-13-19(30)29-21(32)27-12-14-5-2-1-3-6-14/h1-11,26H,12-13H2,(H,28,31)(H2,27,29,30,32). The van der Waals surface area contributed by atoms with Gasteiger partial charge in [0.25, 0.3) is 5.91 Å². The molecule has 1 heterocycles. The molecule has 11 heteroatoms. The summed E-state index contributed by atoms with van der Waals surface area (Å²) in [4.78, 5) is 35.8. The van der Waals surface area contributed by atoms with Crippen LogP contribution in [0.3, 0.4) is 0 Å². The Labute approximate surface area is 186 Å². The molecule has 0 aliphatic heterocycles. The van der Waals surface area contributed by atoms with Crippen molar-refractivity contribution in [2.24, 2.45) is 0 Å². The van der Waals surface area contributed by atoms with E-state index < -0.39 is 41.8 Å². The third-order valence-electron chi connectivity index (χ3n) is 4.32. The van der Waals surface area contributed by atoms with E-state index in [0.29, 0.717) is 0 Å². The fourth-order valence-corrected chi connectivity index (χ4v) is 2.78. The minimum absolute atomic E-state index is 0.0621. The van der Waals surface area contributed by atoms with E-state index in [0.717, 1.165) is 17.7 Å². The molecule has 33 heavy (non-hydrogen) atoms. The topological polar surface area (TPSA) is 112 Å². The summed E-state index contributed by atoms with van der Waals surface area (Å²) >= 11 is 0. The molecule has 2 aromatic carbocycles. The summed E-state index contributed by atoms with van der Waals surface area (Å²) in [7, 11) is 0. The lowest BCUT2D eigenvalue weighted by Gasteiger charge is -2.16. The van der Waals surface area contributed by atoms with Crippen molar-refractivity contribution in [1.82, 2.24) is 10.6 Å². The molecular weight excluding hydrogens is 441 g/mol. The maximum Gasteiger partial charge on any atom is 0.418 e. The summed E-state index contributed by atoms with van der Waals surface area (Å²) < 4.78 is 45.4. The van der Waals surface area contributed by atoms with Gasteiger partial charge in [0, 0.05) is 17.9 Å². The predicted octanol–water partition coefficient (Wildman–Crippen LogP) is 3.99. The summed E-state index contributed by atoms with van der Waals surface area (Å²) in [5.41, 5.74) is -0.786. The Bertz CT molecular complexity index is 1120. The highest BCUT2D eigenvalue weighted by atomic mass is 19.4. The Morgan fingerprint density at radius 3 is 2.36 bits per heavy atom. The van der Waals surface area contributed by atoms with Gasteiger partial charge in [-0.25, -0.2) is 4.79 Å². The normalized spacial score (nSPS) is 10.9. The van der Waals surface area contributed by atoms with Gasteiger partial charge in [-0.05, 0) is 35.9 Å². The van der Waals surface area contributed by atoms with Crippen LogP contribution in [0.2, 0.25) is 0 Å². The SMILES string of the molecule is O=C(CNc1ccc(NC(=O)c2ccco2)cc1C(F)(F)F)NC(=O)NCc1ccccc1. The first-order chi connectivity index (χ1) is 15.7. The number of urea groups is 1. The number of carbonyl (C=O) groups excluding carboxylic acids is 3. The minimum atomic E-state index is -4.77. The molecule has 0 saturated carbocycles. The van der Waals surface area contributed by atoms with Crippen molar-refractivity contribution >= 4 is 29.2 Å². The average Bonchev–Trinajstić information content (AvgIpc) is 3.32. The van der Waals surface area contributed by atoms with Crippen LogP contribution in [-0.4, -0.2) is 24.4 Å². The number of nitrogens with one attached hydrogen (secondary N) is 4. The number of hydrogen-bond acceptors (Lipinski definition) is 5. The molecule has 1 aromatic heterocycles. The van der Waals surface area contributed by atoms with Gasteiger partial charge in [-0.3, -0.25) is 14.9 Å². The molecule has 0 saturated heterocycles. The number of furan rings is 1. The molecule has 0 radical (unpaired) electrons. The van der Waals surface area contributed by atoms with Crippen molar-refractivity contribution in [3.05, 3.63) is 83.8 Å². The number of benzene rings is 2. The number of carbonyl (C=O) groups is 3. The summed E-state index contributed by atoms with van der Waals surface area (Å²) in [6.07, 6.45) is -3.51. The predicted molar refractivity (Wildman–Crippen MR) is 113 cm³/mol. The van der Waals surface area contributed by atoms with Gasteiger partial charge in [-0.15, -0.1) is 0 Å². The Morgan fingerprint density at radius 1 is 0.939 bits per heavy atom. The van der Waals surface area contributed by atoms with Crippen LogP contribution in [0.5, 0.6) is 0 Å². The Kier molecular flexibility index (Phi) is 7.34. The average molecular weight is 460 g/mol. The molecule has 4 amide bonds. The second kappa shape index (κ2) is 10.4. The second-order valence-electron chi connectivity index (χ2n) is 6.76. The molecule has 0 aliphatic carbocycles. The van der Waals surface area contributed by atoms with E-state index in [1.54, 1.807) is 24.3 Å². The van der Waals surface area contributed by atoms with E-state index in [4.69, 9.17) is 4.42 Å². The highest BCUT2D eigenvalue weighted by molar-refractivity contribution is 6.02. The number of anilines is 2. The number of amides is 4. The molecule has 4 N–H and O–H groups in total. The van der Waals surface area contributed by atoms with Gasteiger partial charge in [0.05, 0.1) is 18.4 Å². The van der Waals surface area contributed by atoms with Crippen LogP contribution in [-0.2, 0) is 17.5 Å². The highest BCUT2D eigenvalue weighted by Crippen LogP contribution is 2.36. The molecule has 0 unspecified atom stereocenters. The largest absolute Gasteiger partial charge is 0.459 e.